The van der Waals surface area contributed by atoms with Crippen molar-refractivity contribution in [3.63, 3.8) is 0 Å². The normalized spacial score (nSPS) is 16.5. The average Bonchev–Trinajstić information content (AvgIpc) is 3.81. The highest BCUT2D eigenvalue weighted by molar-refractivity contribution is 6.09. The fourth-order valence-corrected chi connectivity index (χ4v) is 11.3. The predicted molar refractivity (Wildman–Crippen MR) is 251 cm³/mol. The molecule has 4 heterocycles. The van der Waals surface area contributed by atoms with Gasteiger partial charge < -0.3 is 14.4 Å². The Labute approximate surface area is 355 Å². The van der Waals surface area contributed by atoms with Crippen LogP contribution in [0, 0.1) is 0 Å². The van der Waals surface area contributed by atoms with Crippen LogP contribution >= 0.6 is 0 Å². The standard InChI is InChI=1S/C57H40N4/c1-56(2)44-23-10-14-28-51(44)61(52-29-15-11-24-45(52)56)39-31-33-54-48(36-39)57(43-22-9-6-21-42(43)55-46(57)25-16-34-58-55)47-35-38(30-32-53(47)59(54)37-17-4-3-5-18-37)60-49-26-12-7-19-40(49)41-20-8-13-27-50(41)60/h3-36H,1-2H3. The first-order valence-electron chi connectivity index (χ1n) is 21.2. The van der Waals surface area contributed by atoms with Gasteiger partial charge in [-0.05, 0) is 112 Å². The molecule has 13 rings (SSSR count). The highest BCUT2D eigenvalue weighted by Gasteiger charge is 2.53. The van der Waals surface area contributed by atoms with Crippen LogP contribution in [-0.4, -0.2) is 9.55 Å². The summed E-state index contributed by atoms with van der Waals surface area (Å²) < 4.78 is 2.45. The average molecular weight is 781 g/mol. The molecule has 10 aromatic rings. The van der Waals surface area contributed by atoms with E-state index in [2.05, 4.69) is 228 Å². The van der Waals surface area contributed by atoms with E-state index in [-0.39, 0.29) is 5.41 Å². The summed E-state index contributed by atoms with van der Waals surface area (Å²) in [6.45, 7) is 4.71. The minimum atomic E-state index is -0.699. The van der Waals surface area contributed by atoms with Crippen molar-refractivity contribution < 1.29 is 0 Å². The third-order valence-corrected chi connectivity index (χ3v) is 13.8. The lowest BCUT2D eigenvalue weighted by atomic mass is 9.64. The van der Waals surface area contributed by atoms with Crippen molar-refractivity contribution in [2.24, 2.45) is 0 Å². The van der Waals surface area contributed by atoms with Crippen LogP contribution in [0.5, 0.6) is 0 Å². The number of hydrogen-bond donors (Lipinski definition) is 0. The Morgan fingerprint density at radius 3 is 1.54 bits per heavy atom. The molecule has 0 saturated heterocycles. The summed E-state index contributed by atoms with van der Waals surface area (Å²) in [5, 5.41) is 2.50. The monoisotopic (exact) mass is 780 g/mol. The molecule has 1 aliphatic carbocycles. The van der Waals surface area contributed by atoms with E-state index in [4.69, 9.17) is 4.98 Å². The van der Waals surface area contributed by atoms with Crippen molar-refractivity contribution in [2.75, 3.05) is 9.80 Å². The number of pyridine rings is 1. The molecule has 288 valence electrons. The molecule has 1 spiro atoms. The summed E-state index contributed by atoms with van der Waals surface area (Å²) in [6.07, 6.45) is 1.95. The first kappa shape index (κ1) is 34.2. The molecule has 1 atom stereocenters. The smallest absolute Gasteiger partial charge is 0.0771 e. The van der Waals surface area contributed by atoms with Crippen LogP contribution in [-0.2, 0) is 10.8 Å². The van der Waals surface area contributed by atoms with E-state index in [0.717, 1.165) is 34.1 Å². The zero-order valence-electron chi connectivity index (χ0n) is 33.9. The molecule has 0 radical (unpaired) electrons. The molecule has 8 aromatic carbocycles. The van der Waals surface area contributed by atoms with Gasteiger partial charge in [0.05, 0.1) is 44.9 Å². The van der Waals surface area contributed by atoms with Gasteiger partial charge in [-0.25, -0.2) is 0 Å². The second-order valence-corrected chi connectivity index (χ2v) is 17.1. The number of rotatable bonds is 3. The lowest BCUT2D eigenvalue weighted by Crippen LogP contribution is -2.37. The Hall–Kier alpha value is -7.69. The first-order chi connectivity index (χ1) is 30.0. The predicted octanol–water partition coefficient (Wildman–Crippen LogP) is 14.4. The zero-order chi connectivity index (χ0) is 40.5. The Balaban J connectivity index is 1.17. The van der Waals surface area contributed by atoms with E-state index in [1.165, 1.54) is 72.1 Å². The molecule has 0 saturated carbocycles. The van der Waals surface area contributed by atoms with Gasteiger partial charge in [-0.15, -0.1) is 0 Å². The van der Waals surface area contributed by atoms with Gasteiger partial charge >= 0.3 is 0 Å². The maximum Gasteiger partial charge on any atom is 0.0771 e. The molecule has 0 fully saturated rings. The van der Waals surface area contributed by atoms with Crippen molar-refractivity contribution in [3.8, 4) is 16.9 Å². The summed E-state index contributed by atoms with van der Waals surface area (Å²) in [4.78, 5) is 10.2. The fraction of sp³-hybridized carbons (Fsp3) is 0.0702. The SMILES string of the molecule is CC1(C)c2ccccc2N(c2ccc3c(c2)C2(c4ccccc4-c4ncccc42)c2cc(-n4c5ccccc5c5ccccc54)ccc2N3c2ccccc2)c2ccccc21. The summed E-state index contributed by atoms with van der Waals surface area (Å²) >= 11 is 0. The van der Waals surface area contributed by atoms with Crippen LogP contribution in [0.3, 0.4) is 0 Å². The van der Waals surface area contributed by atoms with Crippen molar-refractivity contribution in [1.82, 2.24) is 9.55 Å². The molecule has 0 bridgehead atoms. The van der Waals surface area contributed by atoms with E-state index >= 15 is 0 Å². The molecule has 3 aliphatic rings. The van der Waals surface area contributed by atoms with Gasteiger partial charge in [0, 0.05) is 45.0 Å². The minimum absolute atomic E-state index is 0.166. The number of anilines is 6. The lowest BCUT2D eigenvalue weighted by molar-refractivity contribution is 0.632. The largest absolute Gasteiger partial charge is 0.310 e. The molecule has 4 nitrogen and oxygen atoms in total. The number of aromatic nitrogens is 2. The number of fused-ring (bicyclic) bond motifs is 14. The molecule has 2 aromatic heterocycles. The Morgan fingerprint density at radius 2 is 0.869 bits per heavy atom. The second kappa shape index (κ2) is 12.4. The van der Waals surface area contributed by atoms with Gasteiger partial charge in [-0.1, -0.05) is 135 Å². The lowest BCUT2D eigenvalue weighted by Gasteiger charge is -2.46. The Bertz CT molecular complexity index is 3280. The van der Waals surface area contributed by atoms with Gasteiger partial charge in [0.1, 0.15) is 0 Å². The van der Waals surface area contributed by atoms with Gasteiger partial charge in [0.15, 0.2) is 0 Å². The summed E-state index contributed by atoms with van der Waals surface area (Å²) in [6, 6.07) is 74.1. The van der Waals surface area contributed by atoms with E-state index in [1.54, 1.807) is 0 Å². The minimum Gasteiger partial charge on any atom is -0.310 e. The van der Waals surface area contributed by atoms with Crippen molar-refractivity contribution in [3.05, 3.63) is 240 Å². The van der Waals surface area contributed by atoms with E-state index in [1.807, 2.05) is 6.20 Å². The molecule has 0 N–H and O–H groups in total. The van der Waals surface area contributed by atoms with Crippen molar-refractivity contribution in [1.29, 1.82) is 0 Å². The van der Waals surface area contributed by atoms with Gasteiger partial charge in [-0.2, -0.15) is 0 Å². The van der Waals surface area contributed by atoms with Crippen LogP contribution in [0.15, 0.2) is 206 Å². The maximum atomic E-state index is 5.19. The third kappa shape index (κ3) is 4.46. The van der Waals surface area contributed by atoms with E-state index in [0.29, 0.717) is 0 Å². The third-order valence-electron chi connectivity index (χ3n) is 13.8. The number of para-hydroxylation sites is 5. The number of nitrogens with zero attached hydrogens (tertiary/aromatic N) is 4. The number of benzene rings is 8. The van der Waals surface area contributed by atoms with Crippen LogP contribution in [0.4, 0.5) is 34.1 Å². The summed E-state index contributed by atoms with van der Waals surface area (Å²) in [7, 11) is 0. The summed E-state index contributed by atoms with van der Waals surface area (Å²) in [5.74, 6) is 0. The summed E-state index contributed by atoms with van der Waals surface area (Å²) in [5.41, 5.74) is 19.3. The zero-order valence-corrected chi connectivity index (χ0v) is 33.9. The van der Waals surface area contributed by atoms with Crippen LogP contribution in [0.1, 0.15) is 47.2 Å². The molecule has 0 amide bonds. The second-order valence-electron chi connectivity index (χ2n) is 17.1. The van der Waals surface area contributed by atoms with Crippen LogP contribution in [0.2, 0.25) is 0 Å². The molecule has 4 heteroatoms. The van der Waals surface area contributed by atoms with Gasteiger partial charge in [-0.3, -0.25) is 4.98 Å². The highest BCUT2D eigenvalue weighted by atomic mass is 15.2. The van der Waals surface area contributed by atoms with Crippen molar-refractivity contribution in [2.45, 2.75) is 24.7 Å². The first-order valence-corrected chi connectivity index (χ1v) is 21.2. The molecular formula is C57H40N4. The van der Waals surface area contributed by atoms with E-state index < -0.39 is 5.41 Å². The fourth-order valence-electron chi connectivity index (χ4n) is 11.3. The van der Waals surface area contributed by atoms with Crippen LogP contribution < -0.4 is 9.80 Å². The molecule has 2 aliphatic heterocycles. The Morgan fingerprint density at radius 1 is 0.377 bits per heavy atom. The van der Waals surface area contributed by atoms with Gasteiger partial charge in [0.25, 0.3) is 0 Å². The van der Waals surface area contributed by atoms with E-state index in [9.17, 15) is 0 Å². The quantitative estimate of drug-likeness (QED) is 0.178. The number of hydrogen-bond acceptors (Lipinski definition) is 3. The molecule has 1 unspecified atom stereocenters. The van der Waals surface area contributed by atoms with Crippen LogP contribution in [0.25, 0.3) is 38.8 Å². The molecular weight excluding hydrogens is 741 g/mol. The topological polar surface area (TPSA) is 24.3 Å². The van der Waals surface area contributed by atoms with Gasteiger partial charge in [0.2, 0.25) is 0 Å². The highest BCUT2D eigenvalue weighted by Crippen LogP contribution is 2.64. The Kier molecular flexibility index (Phi) is 6.96. The maximum absolute atomic E-state index is 5.19. The van der Waals surface area contributed by atoms with Crippen molar-refractivity contribution >= 4 is 55.9 Å². The molecule has 61 heavy (non-hydrogen) atoms.